The lowest BCUT2D eigenvalue weighted by molar-refractivity contribution is 0.0704. The van der Waals surface area contributed by atoms with Crippen LogP contribution in [0.4, 0.5) is 0 Å². The minimum Gasteiger partial charge on any atom is -0.378 e. The lowest BCUT2D eigenvalue weighted by Crippen LogP contribution is -2.06. The van der Waals surface area contributed by atoms with Crippen LogP contribution in [0.5, 0.6) is 0 Å². The zero-order valence-electron chi connectivity index (χ0n) is 6.02. The van der Waals surface area contributed by atoms with E-state index in [2.05, 4.69) is 6.58 Å². The van der Waals surface area contributed by atoms with Gasteiger partial charge in [-0.15, -0.1) is 0 Å². The van der Waals surface area contributed by atoms with E-state index in [9.17, 15) is 0 Å². The van der Waals surface area contributed by atoms with E-state index >= 15 is 0 Å². The average molecular weight is 126 g/mol. The second kappa shape index (κ2) is 3.02. The Morgan fingerprint density at radius 2 is 2.56 bits per heavy atom. The highest BCUT2D eigenvalue weighted by Gasteiger charge is 2.16. The van der Waals surface area contributed by atoms with Gasteiger partial charge in [-0.1, -0.05) is 12.2 Å². The molecule has 9 heavy (non-hydrogen) atoms. The molecule has 1 rings (SSSR count). The predicted molar refractivity (Wildman–Crippen MR) is 38.4 cm³/mol. The Balaban J connectivity index is 2.22. The van der Waals surface area contributed by atoms with Crippen molar-refractivity contribution in [2.24, 2.45) is 0 Å². The van der Waals surface area contributed by atoms with E-state index in [1.807, 2.05) is 6.92 Å². The van der Waals surface area contributed by atoms with E-state index in [1.165, 1.54) is 18.4 Å². The first kappa shape index (κ1) is 6.81. The quantitative estimate of drug-likeness (QED) is 0.515. The lowest BCUT2D eigenvalue weighted by atomic mass is 10.3. The van der Waals surface area contributed by atoms with Gasteiger partial charge in [-0.2, -0.15) is 0 Å². The maximum Gasteiger partial charge on any atom is 0.0615 e. The maximum absolute atomic E-state index is 5.41. The van der Waals surface area contributed by atoms with E-state index in [-0.39, 0.29) is 0 Å². The largest absolute Gasteiger partial charge is 0.378 e. The molecule has 1 aliphatic rings. The van der Waals surface area contributed by atoms with Crippen molar-refractivity contribution in [3.63, 3.8) is 0 Å². The van der Waals surface area contributed by atoms with Gasteiger partial charge in [0.25, 0.3) is 0 Å². The highest BCUT2D eigenvalue weighted by atomic mass is 16.5. The van der Waals surface area contributed by atoms with Gasteiger partial charge in [-0.3, -0.25) is 0 Å². The molecule has 0 spiro atoms. The lowest BCUT2D eigenvalue weighted by Gasteiger charge is -2.06. The fraction of sp³-hybridized carbons (Fsp3) is 0.750. The third kappa shape index (κ3) is 1.83. The van der Waals surface area contributed by atoms with Crippen LogP contribution < -0.4 is 0 Å². The van der Waals surface area contributed by atoms with Crippen LogP contribution in [0.3, 0.4) is 0 Å². The number of hydrogen-bond acceptors (Lipinski definition) is 1. The topological polar surface area (TPSA) is 9.23 Å². The van der Waals surface area contributed by atoms with Crippen molar-refractivity contribution in [1.29, 1.82) is 0 Å². The van der Waals surface area contributed by atoms with E-state index in [4.69, 9.17) is 4.74 Å². The highest BCUT2D eigenvalue weighted by molar-refractivity contribution is 5.02. The van der Waals surface area contributed by atoms with E-state index < -0.39 is 0 Å². The normalized spacial score (nSPS) is 27.2. The molecular formula is C8H14O. The van der Waals surface area contributed by atoms with Gasteiger partial charge in [0.2, 0.25) is 0 Å². The van der Waals surface area contributed by atoms with Gasteiger partial charge in [0.1, 0.15) is 0 Å². The van der Waals surface area contributed by atoms with E-state index in [0.717, 1.165) is 13.0 Å². The summed E-state index contributed by atoms with van der Waals surface area (Å²) in [6.45, 7) is 6.79. The molecule has 1 aliphatic carbocycles. The smallest absolute Gasteiger partial charge is 0.0615 e. The number of rotatable bonds is 2. The molecule has 1 atom stereocenters. The molecule has 0 amide bonds. The molecule has 1 heteroatoms. The summed E-state index contributed by atoms with van der Waals surface area (Å²) in [5.41, 5.74) is 1.36. The van der Waals surface area contributed by atoms with Gasteiger partial charge in [0.05, 0.1) is 6.10 Å². The second-order valence-corrected chi connectivity index (χ2v) is 2.57. The molecule has 0 N–H and O–H groups in total. The fourth-order valence-electron chi connectivity index (χ4n) is 1.27. The van der Waals surface area contributed by atoms with Crippen LogP contribution in [0.15, 0.2) is 12.2 Å². The van der Waals surface area contributed by atoms with Crippen LogP contribution in [0.1, 0.15) is 26.2 Å². The molecule has 0 heterocycles. The van der Waals surface area contributed by atoms with Crippen molar-refractivity contribution in [1.82, 2.24) is 0 Å². The Labute approximate surface area is 56.7 Å². The SMILES string of the molecule is C=C1CC[C@H](OCC)C1. The molecule has 0 unspecified atom stereocenters. The van der Waals surface area contributed by atoms with Gasteiger partial charge in [0.15, 0.2) is 0 Å². The summed E-state index contributed by atoms with van der Waals surface area (Å²) < 4.78 is 5.41. The Hall–Kier alpha value is -0.300. The Morgan fingerprint density at radius 3 is 3.00 bits per heavy atom. The molecule has 0 radical (unpaired) electrons. The minimum atomic E-state index is 0.488. The molecule has 0 aromatic carbocycles. The zero-order valence-corrected chi connectivity index (χ0v) is 6.02. The molecule has 0 saturated heterocycles. The van der Waals surface area contributed by atoms with Gasteiger partial charge < -0.3 is 4.74 Å². The van der Waals surface area contributed by atoms with Crippen LogP contribution in [0.25, 0.3) is 0 Å². The predicted octanol–water partition coefficient (Wildman–Crippen LogP) is 2.13. The molecule has 1 nitrogen and oxygen atoms in total. The molecule has 0 aromatic heterocycles. The van der Waals surface area contributed by atoms with Crippen molar-refractivity contribution in [3.8, 4) is 0 Å². The Kier molecular flexibility index (Phi) is 2.29. The first-order valence-electron chi connectivity index (χ1n) is 3.61. The monoisotopic (exact) mass is 126 g/mol. The van der Waals surface area contributed by atoms with Crippen LogP contribution in [0.2, 0.25) is 0 Å². The maximum atomic E-state index is 5.41. The summed E-state index contributed by atoms with van der Waals surface area (Å²) in [5, 5.41) is 0. The fourth-order valence-corrected chi connectivity index (χ4v) is 1.27. The van der Waals surface area contributed by atoms with Gasteiger partial charge in [-0.05, 0) is 26.2 Å². The van der Waals surface area contributed by atoms with Crippen molar-refractivity contribution in [2.75, 3.05) is 6.61 Å². The number of ether oxygens (including phenoxy) is 1. The van der Waals surface area contributed by atoms with Crippen LogP contribution in [0, 0.1) is 0 Å². The summed E-state index contributed by atoms with van der Waals surface area (Å²) in [6, 6.07) is 0. The van der Waals surface area contributed by atoms with Crippen molar-refractivity contribution >= 4 is 0 Å². The zero-order chi connectivity index (χ0) is 6.69. The highest BCUT2D eigenvalue weighted by Crippen LogP contribution is 2.24. The molecule has 0 bridgehead atoms. The average Bonchev–Trinajstić information content (AvgIpc) is 2.17. The molecule has 1 fully saturated rings. The molecule has 52 valence electrons. The van der Waals surface area contributed by atoms with Crippen LogP contribution >= 0.6 is 0 Å². The van der Waals surface area contributed by atoms with Gasteiger partial charge >= 0.3 is 0 Å². The third-order valence-corrected chi connectivity index (χ3v) is 1.74. The molecule has 1 saturated carbocycles. The minimum absolute atomic E-state index is 0.488. The van der Waals surface area contributed by atoms with Crippen LogP contribution in [-0.4, -0.2) is 12.7 Å². The molecular weight excluding hydrogens is 112 g/mol. The third-order valence-electron chi connectivity index (χ3n) is 1.74. The first-order valence-corrected chi connectivity index (χ1v) is 3.61. The summed E-state index contributed by atoms with van der Waals surface area (Å²) >= 11 is 0. The first-order chi connectivity index (χ1) is 4.33. The molecule has 0 aromatic rings. The Bertz CT molecular complexity index is 107. The van der Waals surface area contributed by atoms with Crippen molar-refractivity contribution in [3.05, 3.63) is 12.2 Å². The van der Waals surface area contributed by atoms with Crippen molar-refractivity contribution in [2.45, 2.75) is 32.3 Å². The van der Waals surface area contributed by atoms with E-state index in [1.54, 1.807) is 0 Å². The summed E-state index contributed by atoms with van der Waals surface area (Å²) in [5.74, 6) is 0. The van der Waals surface area contributed by atoms with Crippen molar-refractivity contribution < 1.29 is 4.74 Å². The second-order valence-electron chi connectivity index (χ2n) is 2.57. The Morgan fingerprint density at radius 1 is 1.78 bits per heavy atom. The summed E-state index contributed by atoms with van der Waals surface area (Å²) in [4.78, 5) is 0. The standard InChI is InChI=1S/C8H14O/c1-3-9-8-5-4-7(2)6-8/h8H,2-6H2,1H3/t8-/m0/s1. The van der Waals surface area contributed by atoms with E-state index in [0.29, 0.717) is 6.10 Å². The number of hydrogen-bond donors (Lipinski definition) is 0. The summed E-state index contributed by atoms with van der Waals surface area (Å²) in [7, 11) is 0. The summed E-state index contributed by atoms with van der Waals surface area (Å²) in [6.07, 6.45) is 3.94. The molecule has 0 aliphatic heterocycles. The van der Waals surface area contributed by atoms with Gasteiger partial charge in [0, 0.05) is 6.61 Å². The van der Waals surface area contributed by atoms with Crippen LogP contribution in [-0.2, 0) is 4.74 Å². The van der Waals surface area contributed by atoms with Gasteiger partial charge in [-0.25, -0.2) is 0 Å².